The Kier molecular flexibility index (Phi) is 6.10. The summed E-state index contributed by atoms with van der Waals surface area (Å²) in [5.74, 6) is 0.881. The number of Topliss-reactive ketones (excluding diaryl/α,β-unsaturated/α-hetero) is 1. The molecule has 22 heavy (non-hydrogen) atoms. The third kappa shape index (κ3) is 4.67. The van der Waals surface area contributed by atoms with Gasteiger partial charge in [-0.3, -0.25) is 9.78 Å². The van der Waals surface area contributed by atoms with Gasteiger partial charge in [0.1, 0.15) is 5.75 Å². The molecular formula is C18H22N2O2. The summed E-state index contributed by atoms with van der Waals surface area (Å²) in [6.45, 7) is 5.28. The van der Waals surface area contributed by atoms with E-state index in [2.05, 4.69) is 17.2 Å². The number of hydrogen-bond acceptors (Lipinski definition) is 4. The first-order valence-corrected chi connectivity index (χ1v) is 7.60. The molecule has 2 rings (SSSR count). The Morgan fingerprint density at radius 2 is 1.86 bits per heavy atom. The van der Waals surface area contributed by atoms with Gasteiger partial charge in [0.05, 0.1) is 12.6 Å². The van der Waals surface area contributed by atoms with Crippen molar-refractivity contribution in [1.82, 2.24) is 10.3 Å². The van der Waals surface area contributed by atoms with Crippen LogP contribution < -0.4 is 10.1 Å². The molecule has 1 aromatic carbocycles. The fourth-order valence-corrected chi connectivity index (χ4v) is 2.05. The minimum absolute atomic E-state index is 0.0797. The van der Waals surface area contributed by atoms with Gasteiger partial charge in [-0.25, -0.2) is 0 Å². The number of aromatic nitrogens is 1. The molecule has 1 atom stereocenters. The lowest BCUT2D eigenvalue weighted by Gasteiger charge is -2.13. The predicted molar refractivity (Wildman–Crippen MR) is 87.1 cm³/mol. The van der Waals surface area contributed by atoms with E-state index < -0.39 is 0 Å². The lowest BCUT2D eigenvalue weighted by atomic mass is 10.1. The first-order chi connectivity index (χ1) is 10.7. The van der Waals surface area contributed by atoms with Crippen LogP contribution >= 0.6 is 0 Å². The first kappa shape index (κ1) is 16.2. The monoisotopic (exact) mass is 298 g/mol. The Hall–Kier alpha value is -2.20. The molecule has 0 fully saturated rings. The lowest BCUT2D eigenvalue weighted by molar-refractivity contribution is 0.0950. The average molecular weight is 298 g/mol. The largest absolute Gasteiger partial charge is 0.494 e. The standard InChI is InChI=1S/C18H22N2O2/c1-3-12-22-17-6-4-16(5-7-17)18(21)14(2)20-13-15-8-10-19-11-9-15/h4-11,14,20H,3,12-13H2,1-2H3. The quantitative estimate of drug-likeness (QED) is 0.760. The van der Waals surface area contributed by atoms with E-state index >= 15 is 0 Å². The van der Waals surface area contributed by atoms with Crippen LogP contribution in [0.15, 0.2) is 48.8 Å². The molecule has 1 N–H and O–H groups in total. The molecule has 0 aliphatic rings. The van der Waals surface area contributed by atoms with Crippen molar-refractivity contribution >= 4 is 5.78 Å². The number of ketones is 1. The topological polar surface area (TPSA) is 51.2 Å². The van der Waals surface area contributed by atoms with Crippen LogP contribution in [0.1, 0.15) is 36.2 Å². The van der Waals surface area contributed by atoms with Crippen molar-refractivity contribution in [3.63, 3.8) is 0 Å². The van der Waals surface area contributed by atoms with Gasteiger partial charge in [-0.05, 0) is 55.3 Å². The molecule has 0 saturated heterocycles. The predicted octanol–water partition coefficient (Wildman–Crippen LogP) is 3.23. The third-order valence-corrected chi connectivity index (χ3v) is 3.37. The Morgan fingerprint density at radius 1 is 1.18 bits per heavy atom. The highest BCUT2D eigenvalue weighted by Crippen LogP contribution is 2.14. The van der Waals surface area contributed by atoms with Crippen LogP contribution in [0.25, 0.3) is 0 Å². The molecule has 0 saturated carbocycles. The number of pyridine rings is 1. The van der Waals surface area contributed by atoms with Crippen molar-refractivity contribution in [2.45, 2.75) is 32.9 Å². The van der Waals surface area contributed by atoms with Crippen LogP contribution in [0.2, 0.25) is 0 Å². The molecule has 0 radical (unpaired) electrons. The second kappa shape index (κ2) is 8.29. The number of carbonyl (C=O) groups is 1. The fourth-order valence-electron chi connectivity index (χ4n) is 2.05. The minimum atomic E-state index is -0.240. The number of ether oxygens (including phenoxy) is 1. The van der Waals surface area contributed by atoms with Crippen LogP contribution in [0.3, 0.4) is 0 Å². The molecule has 1 unspecified atom stereocenters. The number of carbonyl (C=O) groups excluding carboxylic acids is 1. The van der Waals surface area contributed by atoms with E-state index in [1.165, 1.54) is 0 Å². The van der Waals surface area contributed by atoms with Crippen molar-refractivity contribution in [3.05, 3.63) is 59.9 Å². The van der Waals surface area contributed by atoms with E-state index in [1.54, 1.807) is 12.4 Å². The summed E-state index contributed by atoms with van der Waals surface area (Å²) in [5.41, 5.74) is 1.80. The van der Waals surface area contributed by atoms with E-state index in [1.807, 2.05) is 43.3 Å². The van der Waals surface area contributed by atoms with Gasteiger partial charge in [-0.1, -0.05) is 6.92 Å². The van der Waals surface area contributed by atoms with Crippen molar-refractivity contribution in [2.24, 2.45) is 0 Å². The van der Waals surface area contributed by atoms with E-state index in [4.69, 9.17) is 4.74 Å². The zero-order chi connectivity index (χ0) is 15.8. The van der Waals surface area contributed by atoms with Gasteiger partial charge in [0, 0.05) is 24.5 Å². The van der Waals surface area contributed by atoms with Gasteiger partial charge in [0.25, 0.3) is 0 Å². The average Bonchev–Trinajstić information content (AvgIpc) is 2.58. The van der Waals surface area contributed by atoms with Crippen LogP contribution in [-0.2, 0) is 6.54 Å². The summed E-state index contributed by atoms with van der Waals surface area (Å²) in [6, 6.07) is 11.0. The number of rotatable bonds is 8. The number of benzene rings is 1. The Balaban J connectivity index is 1.89. The molecule has 4 heteroatoms. The molecular weight excluding hydrogens is 276 g/mol. The fraction of sp³-hybridized carbons (Fsp3) is 0.333. The molecule has 116 valence electrons. The highest BCUT2D eigenvalue weighted by atomic mass is 16.5. The molecule has 0 aliphatic heterocycles. The highest BCUT2D eigenvalue weighted by molar-refractivity contribution is 5.99. The number of nitrogens with one attached hydrogen (secondary N) is 1. The van der Waals surface area contributed by atoms with Crippen molar-refractivity contribution in [2.75, 3.05) is 6.61 Å². The molecule has 1 heterocycles. The van der Waals surface area contributed by atoms with Crippen LogP contribution in [0.4, 0.5) is 0 Å². The van der Waals surface area contributed by atoms with Crippen LogP contribution in [0, 0.1) is 0 Å². The second-order valence-corrected chi connectivity index (χ2v) is 5.20. The Labute approximate surface area is 131 Å². The van der Waals surface area contributed by atoms with E-state index in [0.29, 0.717) is 18.7 Å². The number of hydrogen-bond donors (Lipinski definition) is 1. The summed E-state index contributed by atoms with van der Waals surface area (Å²) >= 11 is 0. The summed E-state index contributed by atoms with van der Waals surface area (Å²) in [5, 5.41) is 3.24. The zero-order valence-electron chi connectivity index (χ0n) is 13.1. The van der Waals surface area contributed by atoms with Crippen molar-refractivity contribution < 1.29 is 9.53 Å². The van der Waals surface area contributed by atoms with Crippen molar-refractivity contribution in [3.8, 4) is 5.75 Å². The minimum Gasteiger partial charge on any atom is -0.494 e. The lowest BCUT2D eigenvalue weighted by Crippen LogP contribution is -2.33. The van der Waals surface area contributed by atoms with Gasteiger partial charge >= 0.3 is 0 Å². The summed E-state index contributed by atoms with van der Waals surface area (Å²) in [6.07, 6.45) is 4.47. The Bertz CT molecular complexity index is 582. The summed E-state index contributed by atoms with van der Waals surface area (Å²) in [4.78, 5) is 16.4. The van der Waals surface area contributed by atoms with Gasteiger partial charge in [-0.2, -0.15) is 0 Å². The molecule has 0 amide bonds. The summed E-state index contributed by atoms with van der Waals surface area (Å²) < 4.78 is 5.52. The molecule has 4 nitrogen and oxygen atoms in total. The van der Waals surface area contributed by atoms with Crippen LogP contribution in [0.5, 0.6) is 5.75 Å². The van der Waals surface area contributed by atoms with Gasteiger partial charge < -0.3 is 10.1 Å². The highest BCUT2D eigenvalue weighted by Gasteiger charge is 2.14. The van der Waals surface area contributed by atoms with E-state index in [-0.39, 0.29) is 11.8 Å². The smallest absolute Gasteiger partial charge is 0.179 e. The molecule has 1 aromatic heterocycles. The van der Waals surface area contributed by atoms with Crippen LogP contribution in [-0.4, -0.2) is 23.4 Å². The Morgan fingerprint density at radius 3 is 2.50 bits per heavy atom. The summed E-state index contributed by atoms with van der Waals surface area (Å²) in [7, 11) is 0. The maximum atomic E-state index is 12.4. The van der Waals surface area contributed by atoms with Gasteiger partial charge in [-0.15, -0.1) is 0 Å². The third-order valence-electron chi connectivity index (χ3n) is 3.37. The van der Waals surface area contributed by atoms with Gasteiger partial charge in [0.2, 0.25) is 0 Å². The maximum Gasteiger partial charge on any atom is 0.179 e. The molecule has 0 spiro atoms. The number of nitrogens with zero attached hydrogens (tertiary/aromatic N) is 1. The SMILES string of the molecule is CCCOc1ccc(C(=O)C(C)NCc2ccncc2)cc1. The normalized spacial score (nSPS) is 11.9. The van der Waals surface area contributed by atoms with E-state index in [0.717, 1.165) is 17.7 Å². The zero-order valence-corrected chi connectivity index (χ0v) is 13.1. The second-order valence-electron chi connectivity index (χ2n) is 5.20. The maximum absolute atomic E-state index is 12.4. The molecule has 2 aromatic rings. The first-order valence-electron chi connectivity index (χ1n) is 7.60. The van der Waals surface area contributed by atoms with Crippen molar-refractivity contribution in [1.29, 1.82) is 0 Å². The van der Waals surface area contributed by atoms with E-state index in [9.17, 15) is 4.79 Å². The van der Waals surface area contributed by atoms with Gasteiger partial charge in [0.15, 0.2) is 5.78 Å². The molecule has 0 aliphatic carbocycles. The molecule has 0 bridgehead atoms.